The Hall–Kier alpha value is -1.18. The van der Waals surface area contributed by atoms with Crippen molar-refractivity contribution in [3.05, 3.63) is 0 Å². The molecule has 0 saturated carbocycles. The number of carbonyl (C=O) groups is 2. The molecular formula is C16H31N5O2. The zero-order valence-corrected chi connectivity index (χ0v) is 14.5. The predicted octanol–water partition coefficient (Wildman–Crippen LogP) is -1.19. The minimum absolute atomic E-state index is 0.0333. The highest BCUT2D eigenvalue weighted by Gasteiger charge is 2.33. The maximum Gasteiger partial charge on any atom is 0.225 e. The van der Waals surface area contributed by atoms with Gasteiger partial charge in [0, 0.05) is 58.8 Å². The van der Waals surface area contributed by atoms with Crippen molar-refractivity contribution in [2.24, 2.45) is 5.92 Å². The lowest BCUT2D eigenvalue weighted by Crippen LogP contribution is -2.44. The van der Waals surface area contributed by atoms with Crippen LogP contribution in [0, 0.1) is 5.92 Å². The third-order valence-corrected chi connectivity index (χ3v) is 4.56. The number of hydrogen-bond donors (Lipinski definition) is 2. The number of rotatable bonds is 8. The average molecular weight is 325 g/mol. The van der Waals surface area contributed by atoms with Crippen LogP contribution in [-0.2, 0) is 9.59 Å². The quantitative estimate of drug-likeness (QED) is 0.549. The van der Waals surface area contributed by atoms with Crippen molar-refractivity contribution in [2.45, 2.75) is 12.8 Å². The molecule has 23 heavy (non-hydrogen) atoms. The molecule has 2 rings (SSSR count). The monoisotopic (exact) mass is 325 g/mol. The van der Waals surface area contributed by atoms with Gasteiger partial charge in [-0.2, -0.15) is 0 Å². The summed E-state index contributed by atoms with van der Waals surface area (Å²) in [5, 5.41) is 6.33. The number of nitrogens with zero attached hydrogens (tertiary/aromatic N) is 3. The van der Waals surface area contributed by atoms with Crippen LogP contribution in [0.4, 0.5) is 0 Å². The third-order valence-electron chi connectivity index (χ3n) is 4.56. The largest absolute Gasteiger partial charge is 0.356 e. The second-order valence-electron chi connectivity index (χ2n) is 6.78. The maximum atomic E-state index is 12.2. The number of likely N-dealkylation sites (N-methyl/N-ethyl adjacent to an activating group) is 1. The first kappa shape index (κ1) is 18.2. The van der Waals surface area contributed by atoms with Crippen LogP contribution in [0.5, 0.6) is 0 Å². The summed E-state index contributed by atoms with van der Waals surface area (Å²) in [6, 6.07) is 0. The molecule has 1 atom stereocenters. The van der Waals surface area contributed by atoms with Crippen molar-refractivity contribution in [1.82, 2.24) is 25.3 Å². The normalized spacial score (nSPS) is 22.8. The molecule has 0 aromatic rings. The minimum Gasteiger partial charge on any atom is -0.356 e. The smallest absolute Gasteiger partial charge is 0.225 e. The zero-order chi connectivity index (χ0) is 16.7. The van der Waals surface area contributed by atoms with Crippen LogP contribution >= 0.6 is 0 Å². The van der Waals surface area contributed by atoms with Gasteiger partial charge in [-0.25, -0.2) is 0 Å². The van der Waals surface area contributed by atoms with E-state index in [9.17, 15) is 9.59 Å². The molecule has 0 spiro atoms. The number of carbonyl (C=O) groups excluding carboxylic acids is 2. The first-order valence-electron chi connectivity index (χ1n) is 8.69. The highest BCUT2D eigenvalue weighted by atomic mass is 16.2. The molecule has 0 radical (unpaired) electrons. The van der Waals surface area contributed by atoms with Crippen molar-refractivity contribution >= 4 is 11.8 Å². The third kappa shape index (κ3) is 6.08. The molecule has 2 fully saturated rings. The fraction of sp³-hybridized carbons (Fsp3) is 0.875. The fourth-order valence-corrected chi connectivity index (χ4v) is 3.08. The lowest BCUT2D eigenvalue weighted by Gasteiger charge is -2.27. The van der Waals surface area contributed by atoms with Crippen LogP contribution in [0.1, 0.15) is 12.8 Å². The highest BCUT2D eigenvalue weighted by molar-refractivity contribution is 5.89. The average Bonchev–Trinajstić information content (AvgIpc) is 2.91. The Morgan fingerprint density at radius 3 is 2.74 bits per heavy atom. The Kier molecular flexibility index (Phi) is 7.26. The summed E-state index contributed by atoms with van der Waals surface area (Å²) in [4.78, 5) is 30.4. The van der Waals surface area contributed by atoms with Crippen LogP contribution in [0.15, 0.2) is 0 Å². The maximum absolute atomic E-state index is 12.2. The van der Waals surface area contributed by atoms with Crippen molar-refractivity contribution < 1.29 is 9.59 Å². The second kappa shape index (κ2) is 9.20. The molecule has 0 aliphatic carbocycles. The Morgan fingerprint density at radius 2 is 2.04 bits per heavy atom. The molecule has 132 valence electrons. The van der Waals surface area contributed by atoms with Crippen molar-refractivity contribution in [2.75, 3.05) is 73.0 Å². The molecular weight excluding hydrogens is 294 g/mol. The molecule has 1 unspecified atom stereocenters. The van der Waals surface area contributed by atoms with Gasteiger partial charge in [-0.3, -0.25) is 9.59 Å². The Bertz CT molecular complexity index is 396. The Labute approximate surface area is 139 Å². The molecule has 7 nitrogen and oxygen atoms in total. The van der Waals surface area contributed by atoms with Gasteiger partial charge in [-0.05, 0) is 27.1 Å². The molecule has 2 aliphatic rings. The Morgan fingerprint density at radius 1 is 1.30 bits per heavy atom. The number of likely N-dealkylation sites (tertiary alicyclic amines) is 1. The van der Waals surface area contributed by atoms with E-state index in [1.165, 1.54) is 0 Å². The van der Waals surface area contributed by atoms with E-state index in [4.69, 9.17) is 0 Å². The van der Waals surface area contributed by atoms with Crippen molar-refractivity contribution in [3.8, 4) is 0 Å². The lowest BCUT2D eigenvalue weighted by molar-refractivity contribution is -0.129. The van der Waals surface area contributed by atoms with E-state index in [2.05, 4.69) is 20.4 Å². The van der Waals surface area contributed by atoms with E-state index in [-0.39, 0.29) is 17.7 Å². The summed E-state index contributed by atoms with van der Waals surface area (Å²) in [6.45, 7) is 8.13. The van der Waals surface area contributed by atoms with E-state index < -0.39 is 0 Å². The molecule has 7 heteroatoms. The molecule has 2 saturated heterocycles. The van der Waals surface area contributed by atoms with Crippen LogP contribution < -0.4 is 10.6 Å². The fourth-order valence-electron chi connectivity index (χ4n) is 3.08. The van der Waals surface area contributed by atoms with Gasteiger partial charge in [0.15, 0.2) is 0 Å². The van der Waals surface area contributed by atoms with E-state index in [1.807, 2.05) is 19.0 Å². The highest BCUT2D eigenvalue weighted by Crippen LogP contribution is 2.17. The number of amides is 2. The van der Waals surface area contributed by atoms with Crippen LogP contribution in [0.2, 0.25) is 0 Å². The molecule has 2 amide bonds. The van der Waals surface area contributed by atoms with Gasteiger partial charge in [0.2, 0.25) is 11.8 Å². The van der Waals surface area contributed by atoms with Gasteiger partial charge in [0.1, 0.15) is 0 Å². The van der Waals surface area contributed by atoms with Crippen LogP contribution in [0.3, 0.4) is 0 Å². The number of piperazine rings is 1. The summed E-state index contributed by atoms with van der Waals surface area (Å²) in [6.07, 6.45) is 1.33. The van der Waals surface area contributed by atoms with Gasteiger partial charge in [-0.15, -0.1) is 0 Å². The summed E-state index contributed by atoms with van der Waals surface area (Å²) in [5.74, 6) is -0.0392. The van der Waals surface area contributed by atoms with Gasteiger partial charge in [-0.1, -0.05) is 0 Å². The minimum atomic E-state index is -0.177. The standard InChI is InChI=1S/C16H31N5O2/c1-19(2)10-11-21-13-14(12-15(21)22)16(23)18-4-3-7-20-8-5-17-6-9-20/h14,17H,3-13H2,1-2H3,(H,18,23). The lowest BCUT2D eigenvalue weighted by atomic mass is 10.1. The molecule has 2 heterocycles. The van der Waals surface area contributed by atoms with Crippen molar-refractivity contribution in [1.29, 1.82) is 0 Å². The topological polar surface area (TPSA) is 67.9 Å². The number of nitrogens with one attached hydrogen (secondary N) is 2. The second-order valence-corrected chi connectivity index (χ2v) is 6.78. The molecule has 0 aromatic heterocycles. The van der Waals surface area contributed by atoms with E-state index >= 15 is 0 Å². The van der Waals surface area contributed by atoms with Crippen LogP contribution in [-0.4, -0.2) is 99.5 Å². The SMILES string of the molecule is CN(C)CCN1CC(C(=O)NCCCN2CCNCC2)CC1=O. The van der Waals surface area contributed by atoms with Crippen molar-refractivity contribution in [3.63, 3.8) is 0 Å². The predicted molar refractivity (Wildman–Crippen MR) is 90.2 cm³/mol. The first-order chi connectivity index (χ1) is 11.1. The molecule has 0 bridgehead atoms. The van der Waals surface area contributed by atoms with Gasteiger partial charge < -0.3 is 25.3 Å². The van der Waals surface area contributed by atoms with Crippen LogP contribution in [0.25, 0.3) is 0 Å². The zero-order valence-electron chi connectivity index (χ0n) is 14.5. The Balaban J connectivity index is 1.61. The summed E-state index contributed by atoms with van der Waals surface area (Å²) < 4.78 is 0. The van der Waals surface area contributed by atoms with E-state index in [1.54, 1.807) is 0 Å². The van der Waals surface area contributed by atoms with Gasteiger partial charge >= 0.3 is 0 Å². The molecule has 0 aromatic carbocycles. The molecule has 2 N–H and O–H groups in total. The van der Waals surface area contributed by atoms with Gasteiger partial charge in [0.05, 0.1) is 5.92 Å². The molecule has 2 aliphatic heterocycles. The number of hydrogen-bond acceptors (Lipinski definition) is 5. The van der Waals surface area contributed by atoms with E-state index in [0.29, 0.717) is 26.1 Å². The van der Waals surface area contributed by atoms with E-state index in [0.717, 1.165) is 45.7 Å². The van der Waals surface area contributed by atoms with Gasteiger partial charge in [0.25, 0.3) is 0 Å². The first-order valence-corrected chi connectivity index (χ1v) is 8.69. The summed E-state index contributed by atoms with van der Waals surface area (Å²) >= 11 is 0. The summed E-state index contributed by atoms with van der Waals surface area (Å²) in [5.41, 5.74) is 0. The summed E-state index contributed by atoms with van der Waals surface area (Å²) in [7, 11) is 3.98.